The zero-order chi connectivity index (χ0) is 18.6. The van der Waals surface area contributed by atoms with Gasteiger partial charge in [-0.1, -0.05) is 18.2 Å². The first-order chi connectivity index (χ1) is 11.7. The highest BCUT2D eigenvalue weighted by atomic mass is 19.3. The number of esters is 3. The molecule has 0 saturated carbocycles. The zero-order valence-electron chi connectivity index (χ0n) is 13.4. The van der Waals surface area contributed by atoms with Crippen LogP contribution < -0.4 is 0 Å². The highest BCUT2D eigenvalue weighted by Gasteiger charge is 2.63. The Kier molecular flexibility index (Phi) is 5.68. The average molecular weight is 358 g/mol. The molecule has 3 atom stereocenters. The van der Waals surface area contributed by atoms with Gasteiger partial charge in [0, 0.05) is 13.8 Å². The van der Waals surface area contributed by atoms with Crippen molar-refractivity contribution in [2.45, 2.75) is 38.3 Å². The molecule has 9 heteroatoms. The molecule has 1 saturated heterocycles. The summed E-state index contributed by atoms with van der Waals surface area (Å²) in [6.45, 7) is 1.12. The van der Waals surface area contributed by atoms with Crippen LogP contribution in [0.5, 0.6) is 0 Å². The number of hydrogen-bond donors (Lipinski definition) is 0. The van der Waals surface area contributed by atoms with Gasteiger partial charge in [0.1, 0.15) is 6.61 Å². The molecule has 1 heterocycles. The first-order valence-electron chi connectivity index (χ1n) is 7.31. The third kappa shape index (κ3) is 4.50. The molecule has 0 radical (unpaired) electrons. The van der Waals surface area contributed by atoms with Crippen LogP contribution in [0.1, 0.15) is 24.2 Å². The predicted octanol–water partition coefficient (Wildman–Crippen LogP) is 1.70. The van der Waals surface area contributed by atoms with E-state index in [0.29, 0.717) is 0 Å². The minimum Gasteiger partial charge on any atom is -0.459 e. The molecule has 1 aliphatic heterocycles. The summed E-state index contributed by atoms with van der Waals surface area (Å²) in [6, 6.07) is 7.77. The van der Waals surface area contributed by atoms with Gasteiger partial charge < -0.3 is 18.9 Å². The van der Waals surface area contributed by atoms with Gasteiger partial charge in [0.2, 0.25) is 12.4 Å². The summed E-state index contributed by atoms with van der Waals surface area (Å²) in [6.07, 6.45) is -5.86. The second-order valence-corrected chi connectivity index (χ2v) is 5.27. The number of alkyl halides is 2. The molecule has 0 amide bonds. The van der Waals surface area contributed by atoms with E-state index >= 15 is 0 Å². The van der Waals surface area contributed by atoms with Crippen molar-refractivity contribution < 1.29 is 42.1 Å². The number of halogens is 2. The van der Waals surface area contributed by atoms with Crippen LogP contribution in [-0.4, -0.2) is 48.9 Å². The van der Waals surface area contributed by atoms with Gasteiger partial charge in [-0.25, -0.2) is 4.79 Å². The molecule has 1 fully saturated rings. The number of carbonyl (C=O) groups excluding carboxylic acids is 3. The topological polar surface area (TPSA) is 88.1 Å². The Balaban J connectivity index is 2.07. The maximum atomic E-state index is 14.4. The molecule has 0 spiro atoms. The van der Waals surface area contributed by atoms with Gasteiger partial charge >= 0.3 is 23.8 Å². The summed E-state index contributed by atoms with van der Waals surface area (Å²) in [5.74, 6) is -6.42. The Morgan fingerprint density at radius 2 is 1.68 bits per heavy atom. The number of ether oxygens (including phenoxy) is 4. The van der Waals surface area contributed by atoms with Crippen LogP contribution in [0, 0.1) is 0 Å². The van der Waals surface area contributed by atoms with Crippen LogP contribution in [0.4, 0.5) is 8.78 Å². The summed E-state index contributed by atoms with van der Waals surface area (Å²) in [4.78, 5) is 33.9. The van der Waals surface area contributed by atoms with Crippen molar-refractivity contribution in [3.8, 4) is 0 Å². The monoisotopic (exact) mass is 358 g/mol. The number of hydrogen-bond acceptors (Lipinski definition) is 7. The van der Waals surface area contributed by atoms with Gasteiger partial charge in [-0.15, -0.1) is 0 Å². The standard InChI is InChI=1S/C16H16F2O7/c1-9(19)23-13-15(24-10(2)20)25-12(16(13,17)18)8-22-14(21)11-6-4-3-5-7-11/h3-7,12-13,15H,8H2,1-2H3/t12-,13+,15?/m1/s1. The molecule has 0 aliphatic carbocycles. The smallest absolute Gasteiger partial charge is 0.338 e. The van der Waals surface area contributed by atoms with E-state index in [9.17, 15) is 23.2 Å². The van der Waals surface area contributed by atoms with Crippen LogP contribution >= 0.6 is 0 Å². The molecule has 7 nitrogen and oxygen atoms in total. The lowest BCUT2D eigenvalue weighted by Crippen LogP contribution is -2.45. The highest BCUT2D eigenvalue weighted by molar-refractivity contribution is 5.89. The van der Waals surface area contributed by atoms with E-state index in [0.717, 1.165) is 13.8 Å². The quantitative estimate of drug-likeness (QED) is 0.585. The van der Waals surface area contributed by atoms with Crippen molar-refractivity contribution in [1.82, 2.24) is 0 Å². The molecule has 136 valence electrons. The fourth-order valence-electron chi connectivity index (χ4n) is 2.21. The summed E-state index contributed by atoms with van der Waals surface area (Å²) in [5, 5.41) is 0. The van der Waals surface area contributed by atoms with Crippen molar-refractivity contribution in [3.05, 3.63) is 35.9 Å². The summed E-state index contributed by atoms with van der Waals surface area (Å²) < 4.78 is 47.7. The minimum absolute atomic E-state index is 0.178. The molecule has 25 heavy (non-hydrogen) atoms. The van der Waals surface area contributed by atoms with Gasteiger partial charge in [0.05, 0.1) is 5.56 Å². The zero-order valence-corrected chi connectivity index (χ0v) is 13.4. The normalized spacial score (nSPS) is 24.4. The largest absolute Gasteiger partial charge is 0.459 e. The van der Waals surface area contributed by atoms with Crippen molar-refractivity contribution in [1.29, 1.82) is 0 Å². The van der Waals surface area contributed by atoms with Gasteiger partial charge in [0.15, 0.2) is 6.10 Å². The van der Waals surface area contributed by atoms with Crippen molar-refractivity contribution >= 4 is 17.9 Å². The molecule has 0 aromatic heterocycles. The summed E-state index contributed by atoms with van der Waals surface area (Å²) >= 11 is 0. The van der Waals surface area contributed by atoms with Crippen LogP contribution in [0.3, 0.4) is 0 Å². The number of carbonyl (C=O) groups is 3. The first kappa shape index (κ1) is 18.8. The van der Waals surface area contributed by atoms with Crippen LogP contribution in [0.15, 0.2) is 30.3 Å². The maximum absolute atomic E-state index is 14.4. The number of rotatable bonds is 5. The van der Waals surface area contributed by atoms with E-state index in [-0.39, 0.29) is 5.56 Å². The average Bonchev–Trinajstić information content (AvgIpc) is 2.76. The third-order valence-electron chi connectivity index (χ3n) is 3.30. The van der Waals surface area contributed by atoms with E-state index in [2.05, 4.69) is 9.47 Å². The molecule has 1 aromatic carbocycles. The first-order valence-corrected chi connectivity index (χ1v) is 7.31. The molecule has 0 bridgehead atoms. The Labute approximate surface area is 141 Å². The number of benzene rings is 1. The predicted molar refractivity (Wildman–Crippen MR) is 77.7 cm³/mol. The van der Waals surface area contributed by atoms with E-state index in [1.54, 1.807) is 18.2 Å². The van der Waals surface area contributed by atoms with Gasteiger partial charge in [-0.3, -0.25) is 9.59 Å². The molecule has 1 aromatic rings. The van der Waals surface area contributed by atoms with E-state index in [4.69, 9.17) is 9.47 Å². The lowest BCUT2D eigenvalue weighted by molar-refractivity contribution is -0.198. The third-order valence-corrected chi connectivity index (χ3v) is 3.30. The van der Waals surface area contributed by atoms with E-state index < -0.39 is 48.9 Å². The highest BCUT2D eigenvalue weighted by Crippen LogP contribution is 2.39. The van der Waals surface area contributed by atoms with E-state index in [1.807, 2.05) is 0 Å². The fraction of sp³-hybridized carbons (Fsp3) is 0.438. The van der Waals surface area contributed by atoms with Crippen molar-refractivity contribution in [3.63, 3.8) is 0 Å². The fourth-order valence-corrected chi connectivity index (χ4v) is 2.21. The van der Waals surface area contributed by atoms with Gasteiger partial charge in [-0.2, -0.15) is 8.78 Å². The Bertz CT molecular complexity index is 647. The minimum atomic E-state index is -3.72. The molecular weight excluding hydrogens is 342 g/mol. The molecular formula is C16H16F2O7. The van der Waals surface area contributed by atoms with Crippen molar-refractivity contribution in [2.24, 2.45) is 0 Å². The molecule has 1 unspecified atom stereocenters. The summed E-state index contributed by atoms with van der Waals surface area (Å²) in [7, 11) is 0. The lowest BCUT2D eigenvalue weighted by Gasteiger charge is -2.22. The summed E-state index contributed by atoms with van der Waals surface area (Å²) in [5.41, 5.74) is 0.178. The van der Waals surface area contributed by atoms with Gasteiger partial charge in [0.25, 0.3) is 0 Å². The second kappa shape index (κ2) is 7.56. The Morgan fingerprint density at radius 3 is 2.24 bits per heavy atom. The van der Waals surface area contributed by atoms with Crippen LogP contribution in [-0.2, 0) is 28.5 Å². The molecule has 2 rings (SSSR count). The lowest BCUT2D eigenvalue weighted by atomic mass is 10.1. The van der Waals surface area contributed by atoms with Crippen molar-refractivity contribution in [2.75, 3.05) is 6.61 Å². The van der Waals surface area contributed by atoms with Gasteiger partial charge in [-0.05, 0) is 12.1 Å². The Morgan fingerprint density at radius 1 is 1.08 bits per heavy atom. The van der Waals surface area contributed by atoms with Crippen LogP contribution in [0.2, 0.25) is 0 Å². The molecule has 1 aliphatic rings. The molecule has 0 N–H and O–H groups in total. The second-order valence-electron chi connectivity index (χ2n) is 5.27. The van der Waals surface area contributed by atoms with Crippen LogP contribution in [0.25, 0.3) is 0 Å². The Hall–Kier alpha value is -2.55. The maximum Gasteiger partial charge on any atom is 0.338 e. The SMILES string of the molecule is CC(=O)OC1O[C@H](COC(=O)c2ccccc2)C(F)(F)[C@H]1OC(C)=O. The van der Waals surface area contributed by atoms with E-state index in [1.165, 1.54) is 12.1 Å².